The van der Waals surface area contributed by atoms with Crippen LogP contribution in [-0.2, 0) is 14.4 Å². The van der Waals surface area contributed by atoms with E-state index in [2.05, 4.69) is 10.1 Å². The lowest BCUT2D eigenvalue weighted by atomic mass is 10.1. The van der Waals surface area contributed by atoms with Gasteiger partial charge in [0.1, 0.15) is 6.61 Å². The lowest BCUT2D eigenvalue weighted by molar-refractivity contribution is -0.124. The van der Waals surface area contributed by atoms with Crippen molar-refractivity contribution in [3.05, 3.63) is 41.5 Å². The van der Waals surface area contributed by atoms with Crippen LogP contribution in [0.5, 0.6) is 0 Å². The Morgan fingerprint density at radius 1 is 1.38 bits per heavy atom. The highest BCUT2D eigenvalue weighted by Gasteiger charge is 2.09. The molecule has 1 aliphatic rings. The fourth-order valence-electron chi connectivity index (χ4n) is 2.10. The van der Waals surface area contributed by atoms with Gasteiger partial charge in [-0.2, -0.15) is 0 Å². The molecule has 1 heterocycles. The number of nitrogens with one attached hydrogen (secondary N) is 1. The Balaban J connectivity index is 0.00000288. The van der Waals surface area contributed by atoms with Crippen LogP contribution < -0.4 is 5.48 Å². The van der Waals surface area contributed by atoms with Crippen molar-refractivity contribution in [2.75, 3.05) is 39.5 Å². The molecule has 1 aromatic carbocycles. The summed E-state index contributed by atoms with van der Waals surface area (Å²) in [6, 6.07) is 7.44. The van der Waals surface area contributed by atoms with Crippen molar-refractivity contribution in [2.45, 2.75) is 0 Å². The summed E-state index contributed by atoms with van der Waals surface area (Å²) in [5, 5.41) is 12.4. The van der Waals surface area contributed by atoms with Crippen LogP contribution >= 0.6 is 12.4 Å². The Hall–Kier alpha value is -1.93. The fourth-order valence-corrected chi connectivity index (χ4v) is 2.10. The summed E-state index contributed by atoms with van der Waals surface area (Å²) in [6.45, 7) is 4.79. The number of hydrogen-bond donors (Lipinski definition) is 2. The quantitative estimate of drug-likeness (QED) is 0.253. The predicted molar refractivity (Wildman–Crippen MR) is 93.5 cm³/mol. The van der Waals surface area contributed by atoms with Crippen LogP contribution in [0, 0.1) is 0 Å². The van der Waals surface area contributed by atoms with Crippen molar-refractivity contribution >= 4 is 30.6 Å². The average molecular weight is 356 g/mol. The third-order valence-corrected chi connectivity index (χ3v) is 3.33. The molecule has 0 aliphatic carbocycles. The van der Waals surface area contributed by atoms with Gasteiger partial charge < -0.3 is 9.57 Å². The van der Waals surface area contributed by atoms with E-state index in [4.69, 9.17) is 14.8 Å². The molecule has 24 heavy (non-hydrogen) atoms. The zero-order chi connectivity index (χ0) is 16.3. The van der Waals surface area contributed by atoms with Gasteiger partial charge >= 0.3 is 0 Å². The van der Waals surface area contributed by atoms with Gasteiger partial charge in [0.15, 0.2) is 0 Å². The van der Waals surface area contributed by atoms with Crippen molar-refractivity contribution in [2.24, 2.45) is 5.16 Å². The normalized spacial score (nSPS) is 15.4. The molecule has 1 fully saturated rings. The maximum Gasteiger partial charge on any atom is 0.267 e. The van der Waals surface area contributed by atoms with E-state index in [1.807, 2.05) is 24.3 Å². The van der Waals surface area contributed by atoms with E-state index in [0.29, 0.717) is 6.61 Å². The molecule has 0 radical (unpaired) electrons. The molecule has 2 rings (SSSR count). The fraction of sp³-hybridized carbons (Fsp3) is 0.375. The second-order valence-corrected chi connectivity index (χ2v) is 5.00. The highest BCUT2D eigenvalue weighted by molar-refractivity contribution is 5.91. The van der Waals surface area contributed by atoms with E-state index in [1.54, 1.807) is 17.8 Å². The molecule has 2 N–H and O–H groups in total. The molecule has 1 aromatic rings. The maximum absolute atomic E-state index is 10.9. The van der Waals surface area contributed by atoms with Crippen molar-refractivity contribution in [3.8, 4) is 0 Å². The van der Waals surface area contributed by atoms with Crippen LogP contribution in [0.2, 0.25) is 0 Å². The van der Waals surface area contributed by atoms with Crippen molar-refractivity contribution in [1.29, 1.82) is 0 Å². The Bertz CT molecular complexity index is 560. The summed E-state index contributed by atoms with van der Waals surface area (Å²) in [4.78, 5) is 18.5. The first-order valence-corrected chi connectivity index (χ1v) is 7.45. The van der Waals surface area contributed by atoms with Gasteiger partial charge in [0.25, 0.3) is 5.91 Å². The van der Waals surface area contributed by atoms with E-state index >= 15 is 0 Å². The number of oxime groups is 1. The molecule has 0 unspecified atom stereocenters. The molecule has 132 valence electrons. The zero-order valence-corrected chi connectivity index (χ0v) is 14.1. The largest absolute Gasteiger partial charge is 0.394 e. The van der Waals surface area contributed by atoms with Crippen LogP contribution in [0.25, 0.3) is 6.08 Å². The monoisotopic (exact) mass is 355 g/mol. The number of hydroxylamine groups is 1. The predicted octanol–water partition coefficient (Wildman–Crippen LogP) is 1.31. The van der Waals surface area contributed by atoms with Gasteiger partial charge in [-0.1, -0.05) is 23.4 Å². The molecule has 0 saturated carbocycles. The minimum absolute atomic E-state index is 0. The first-order chi connectivity index (χ1) is 11.3. The summed E-state index contributed by atoms with van der Waals surface area (Å²) in [7, 11) is 0. The van der Waals surface area contributed by atoms with Gasteiger partial charge in [-0.15, -0.1) is 12.4 Å². The van der Waals surface area contributed by atoms with Crippen LogP contribution in [0.4, 0.5) is 0 Å². The second-order valence-electron chi connectivity index (χ2n) is 5.00. The summed E-state index contributed by atoms with van der Waals surface area (Å²) >= 11 is 0. The molecule has 1 aliphatic heterocycles. The number of nitrogens with zero attached hydrogens (tertiary/aromatic N) is 2. The van der Waals surface area contributed by atoms with Crippen molar-refractivity contribution < 1.29 is 19.6 Å². The van der Waals surface area contributed by atoms with Gasteiger partial charge in [-0.05, 0) is 23.3 Å². The van der Waals surface area contributed by atoms with E-state index in [9.17, 15) is 4.79 Å². The number of benzene rings is 1. The van der Waals surface area contributed by atoms with Crippen LogP contribution in [0.1, 0.15) is 11.1 Å². The third-order valence-electron chi connectivity index (χ3n) is 3.33. The highest BCUT2D eigenvalue weighted by atomic mass is 35.5. The molecular weight excluding hydrogens is 334 g/mol. The molecular formula is C16H22ClN3O4. The summed E-state index contributed by atoms with van der Waals surface area (Å²) in [5.41, 5.74) is 3.23. The first-order valence-electron chi connectivity index (χ1n) is 7.45. The molecule has 0 bridgehead atoms. The molecule has 7 nitrogen and oxygen atoms in total. The van der Waals surface area contributed by atoms with Gasteiger partial charge in [-0.3, -0.25) is 14.9 Å². The smallest absolute Gasteiger partial charge is 0.267 e. The van der Waals surface area contributed by atoms with Crippen LogP contribution in [0.3, 0.4) is 0 Å². The standard InChI is InChI=1S/C16H21N3O4.ClH/c20-16(18-21)5-4-14-2-1-3-15(12-14)13-17-23-11-8-19-6-9-22-10-7-19;/h1-5,12-13,21H,6-11H2,(H,18,20);1H/b5-4+,17-13?;. The topological polar surface area (TPSA) is 83.4 Å². The van der Waals surface area contributed by atoms with E-state index < -0.39 is 5.91 Å². The number of carbonyl (C=O) groups excluding carboxylic acids is 1. The number of rotatable bonds is 7. The number of amides is 1. The summed E-state index contributed by atoms with van der Waals surface area (Å²) in [5.74, 6) is -0.574. The molecule has 1 saturated heterocycles. The second kappa shape index (κ2) is 11.6. The number of hydrogen-bond acceptors (Lipinski definition) is 6. The van der Waals surface area contributed by atoms with Crippen LogP contribution in [-0.4, -0.2) is 61.7 Å². The van der Waals surface area contributed by atoms with Gasteiger partial charge in [0.05, 0.1) is 19.4 Å². The molecule has 0 spiro atoms. The molecule has 0 aromatic heterocycles. The minimum atomic E-state index is -0.574. The number of ether oxygens (including phenoxy) is 1. The highest BCUT2D eigenvalue weighted by Crippen LogP contribution is 2.05. The first kappa shape index (κ1) is 20.1. The van der Waals surface area contributed by atoms with Gasteiger partial charge in [0.2, 0.25) is 0 Å². The summed E-state index contributed by atoms with van der Waals surface area (Å²) in [6.07, 6.45) is 4.47. The van der Waals surface area contributed by atoms with Crippen molar-refractivity contribution in [1.82, 2.24) is 10.4 Å². The SMILES string of the molecule is Cl.O=C(/C=C/c1cccc(C=NOCCN2CCOCC2)c1)NO. The van der Waals surface area contributed by atoms with E-state index in [1.165, 1.54) is 6.08 Å². The average Bonchev–Trinajstić information content (AvgIpc) is 2.60. The number of carbonyl (C=O) groups is 1. The minimum Gasteiger partial charge on any atom is -0.394 e. The zero-order valence-electron chi connectivity index (χ0n) is 13.3. The van der Waals surface area contributed by atoms with E-state index in [0.717, 1.165) is 44.0 Å². The number of halogens is 1. The molecule has 0 atom stereocenters. The third kappa shape index (κ3) is 7.56. The molecule has 8 heteroatoms. The Labute approximate surface area is 147 Å². The van der Waals surface area contributed by atoms with Gasteiger partial charge in [-0.25, -0.2) is 5.48 Å². The Morgan fingerprint density at radius 3 is 2.88 bits per heavy atom. The maximum atomic E-state index is 10.9. The Morgan fingerprint density at radius 2 is 2.12 bits per heavy atom. The van der Waals surface area contributed by atoms with Crippen LogP contribution in [0.15, 0.2) is 35.5 Å². The van der Waals surface area contributed by atoms with Gasteiger partial charge in [0, 0.05) is 25.7 Å². The summed E-state index contributed by atoms with van der Waals surface area (Å²) < 4.78 is 5.28. The van der Waals surface area contributed by atoms with Crippen molar-refractivity contribution in [3.63, 3.8) is 0 Å². The lowest BCUT2D eigenvalue weighted by Crippen LogP contribution is -2.38. The van der Waals surface area contributed by atoms with E-state index in [-0.39, 0.29) is 12.4 Å². The lowest BCUT2D eigenvalue weighted by Gasteiger charge is -2.25. The molecule has 1 amide bonds. The number of morpholine rings is 1. The Kier molecular flexibility index (Phi) is 9.71.